The van der Waals surface area contributed by atoms with Crippen LogP contribution in [0.4, 0.5) is 4.39 Å². The normalized spacial score (nSPS) is 24.4. The zero-order valence-corrected chi connectivity index (χ0v) is 13.4. The summed E-state index contributed by atoms with van der Waals surface area (Å²) in [7, 11) is 0. The quantitative estimate of drug-likeness (QED) is 0.703. The summed E-state index contributed by atoms with van der Waals surface area (Å²) < 4.78 is 16.1. The molecule has 1 fully saturated rings. The molecule has 1 heterocycles. The zero-order valence-electron chi connectivity index (χ0n) is 12.6. The number of hydrogen-bond acceptors (Lipinski definition) is 1. The number of aromatic nitrogens is 2. The summed E-state index contributed by atoms with van der Waals surface area (Å²) in [5.74, 6) is 1.95. The molecule has 0 bridgehead atoms. The maximum absolute atomic E-state index is 14.0. The largest absolute Gasteiger partial charge is 0.326 e. The molecule has 2 aromatic rings. The second kappa shape index (κ2) is 5.96. The van der Waals surface area contributed by atoms with E-state index in [1.165, 1.54) is 31.7 Å². The van der Waals surface area contributed by atoms with E-state index in [0.29, 0.717) is 11.4 Å². The number of fused-ring (bicyclic) bond motifs is 1. The van der Waals surface area contributed by atoms with Crippen LogP contribution < -0.4 is 0 Å². The molecule has 0 saturated heterocycles. The second-order valence-electron chi connectivity index (χ2n) is 6.44. The number of hydrogen-bond donors (Lipinski definition) is 0. The number of rotatable bonds is 3. The molecule has 1 aromatic carbocycles. The number of alkyl halides is 1. The van der Waals surface area contributed by atoms with E-state index in [4.69, 9.17) is 11.6 Å². The maximum atomic E-state index is 14.0. The van der Waals surface area contributed by atoms with Crippen molar-refractivity contribution in [3.05, 3.63) is 29.8 Å². The molecule has 3 unspecified atom stereocenters. The van der Waals surface area contributed by atoms with Gasteiger partial charge in [-0.25, -0.2) is 9.37 Å². The first kappa shape index (κ1) is 14.8. The predicted octanol–water partition coefficient (Wildman–Crippen LogP) is 5.30. The number of para-hydroxylation sites is 1. The molecule has 21 heavy (non-hydrogen) atoms. The molecule has 1 saturated carbocycles. The second-order valence-corrected chi connectivity index (χ2v) is 7.10. The molecule has 0 amide bonds. The molecular weight excluding hydrogens is 287 g/mol. The van der Waals surface area contributed by atoms with E-state index in [2.05, 4.69) is 16.5 Å². The van der Waals surface area contributed by atoms with Crippen LogP contribution in [0.25, 0.3) is 11.0 Å². The van der Waals surface area contributed by atoms with E-state index in [0.717, 1.165) is 23.8 Å². The van der Waals surface area contributed by atoms with Crippen LogP contribution in [-0.2, 0) is 6.54 Å². The summed E-state index contributed by atoms with van der Waals surface area (Å²) in [5, 5.41) is -0.210. The van der Waals surface area contributed by atoms with Crippen LogP contribution in [-0.4, -0.2) is 9.55 Å². The lowest BCUT2D eigenvalue weighted by Crippen LogP contribution is -2.19. The number of benzene rings is 1. The number of imidazole rings is 1. The predicted molar refractivity (Wildman–Crippen MR) is 85.1 cm³/mol. The van der Waals surface area contributed by atoms with Crippen molar-refractivity contribution >= 4 is 22.6 Å². The first-order valence-electron chi connectivity index (χ1n) is 7.85. The summed E-state index contributed by atoms with van der Waals surface area (Å²) in [6.07, 6.45) is 5.10. The van der Waals surface area contributed by atoms with Crippen LogP contribution in [0.5, 0.6) is 0 Å². The highest BCUT2D eigenvalue weighted by molar-refractivity contribution is 6.20. The van der Waals surface area contributed by atoms with Gasteiger partial charge in [0.15, 0.2) is 5.82 Å². The Kier molecular flexibility index (Phi) is 4.21. The lowest BCUT2D eigenvalue weighted by molar-refractivity contribution is 0.257. The van der Waals surface area contributed by atoms with Crippen molar-refractivity contribution in [2.24, 2.45) is 11.8 Å². The van der Waals surface area contributed by atoms with Crippen molar-refractivity contribution in [1.29, 1.82) is 0 Å². The third kappa shape index (κ3) is 2.94. The van der Waals surface area contributed by atoms with Gasteiger partial charge in [0.25, 0.3) is 0 Å². The minimum Gasteiger partial charge on any atom is -0.326 e. The van der Waals surface area contributed by atoms with Crippen LogP contribution >= 0.6 is 11.6 Å². The maximum Gasteiger partial charge on any atom is 0.151 e. The third-order valence-corrected chi connectivity index (χ3v) is 4.80. The van der Waals surface area contributed by atoms with Crippen molar-refractivity contribution in [3.63, 3.8) is 0 Å². The van der Waals surface area contributed by atoms with Crippen molar-refractivity contribution in [2.75, 3.05) is 0 Å². The van der Waals surface area contributed by atoms with Gasteiger partial charge in [-0.3, -0.25) is 0 Å². The molecular formula is C17H22ClFN2. The third-order valence-electron chi connectivity index (χ3n) is 4.60. The van der Waals surface area contributed by atoms with E-state index in [-0.39, 0.29) is 11.2 Å². The molecule has 2 nitrogen and oxygen atoms in total. The Morgan fingerprint density at radius 2 is 2.24 bits per heavy atom. The summed E-state index contributed by atoms with van der Waals surface area (Å²) in [6, 6.07) is 5.16. The molecule has 1 aromatic heterocycles. The molecule has 0 radical (unpaired) electrons. The first-order valence-corrected chi connectivity index (χ1v) is 8.28. The van der Waals surface area contributed by atoms with Crippen LogP contribution in [0, 0.1) is 17.7 Å². The van der Waals surface area contributed by atoms with Gasteiger partial charge in [0.05, 0.1) is 10.9 Å². The number of halogens is 2. The van der Waals surface area contributed by atoms with Gasteiger partial charge in [0.1, 0.15) is 11.3 Å². The Labute approximate surface area is 130 Å². The zero-order chi connectivity index (χ0) is 15.0. The molecule has 3 atom stereocenters. The summed E-state index contributed by atoms with van der Waals surface area (Å²) in [4.78, 5) is 4.45. The lowest BCUT2D eigenvalue weighted by atomic mass is 9.82. The topological polar surface area (TPSA) is 17.8 Å². The minimum absolute atomic E-state index is 0.210. The highest BCUT2D eigenvalue weighted by Gasteiger charge is 2.23. The fraction of sp³-hybridized carbons (Fsp3) is 0.588. The van der Waals surface area contributed by atoms with Crippen molar-refractivity contribution in [3.8, 4) is 0 Å². The van der Waals surface area contributed by atoms with Gasteiger partial charge in [0, 0.05) is 6.54 Å². The van der Waals surface area contributed by atoms with Gasteiger partial charge in [-0.15, -0.1) is 11.6 Å². The van der Waals surface area contributed by atoms with Gasteiger partial charge in [-0.05, 0) is 43.7 Å². The fourth-order valence-electron chi connectivity index (χ4n) is 3.61. The molecule has 0 N–H and O–H groups in total. The fourth-order valence-corrected chi connectivity index (χ4v) is 3.78. The van der Waals surface area contributed by atoms with E-state index in [1.807, 2.05) is 13.0 Å². The lowest BCUT2D eigenvalue weighted by Gasteiger charge is -2.27. The Hall–Kier alpha value is -1.09. The Balaban J connectivity index is 1.99. The molecule has 1 aliphatic rings. The minimum atomic E-state index is -0.262. The SMILES string of the molecule is CC1CCCC(Cn2c(C(C)Cl)nc3c(F)cccc32)C1. The average molecular weight is 309 g/mol. The van der Waals surface area contributed by atoms with Gasteiger partial charge < -0.3 is 4.57 Å². The molecule has 4 heteroatoms. The Morgan fingerprint density at radius 1 is 1.43 bits per heavy atom. The van der Waals surface area contributed by atoms with Crippen LogP contribution in [0.15, 0.2) is 18.2 Å². The highest BCUT2D eigenvalue weighted by Crippen LogP contribution is 2.33. The molecule has 114 valence electrons. The Morgan fingerprint density at radius 3 is 2.95 bits per heavy atom. The monoisotopic (exact) mass is 308 g/mol. The summed E-state index contributed by atoms with van der Waals surface area (Å²) in [5.41, 5.74) is 1.32. The molecule has 0 spiro atoms. The van der Waals surface area contributed by atoms with E-state index in [1.54, 1.807) is 6.07 Å². The van der Waals surface area contributed by atoms with E-state index in [9.17, 15) is 4.39 Å². The van der Waals surface area contributed by atoms with Crippen LogP contribution in [0.2, 0.25) is 0 Å². The van der Waals surface area contributed by atoms with Gasteiger partial charge in [0.2, 0.25) is 0 Å². The Bertz CT molecular complexity index is 635. The van der Waals surface area contributed by atoms with E-state index >= 15 is 0 Å². The van der Waals surface area contributed by atoms with Crippen LogP contribution in [0.3, 0.4) is 0 Å². The molecule has 0 aliphatic heterocycles. The van der Waals surface area contributed by atoms with Gasteiger partial charge in [-0.2, -0.15) is 0 Å². The van der Waals surface area contributed by atoms with Crippen molar-refractivity contribution < 1.29 is 4.39 Å². The average Bonchev–Trinajstić information content (AvgIpc) is 2.80. The molecule has 3 rings (SSSR count). The number of nitrogens with zero attached hydrogens (tertiary/aromatic N) is 2. The smallest absolute Gasteiger partial charge is 0.151 e. The van der Waals surface area contributed by atoms with E-state index < -0.39 is 0 Å². The summed E-state index contributed by atoms with van der Waals surface area (Å²) >= 11 is 6.27. The highest BCUT2D eigenvalue weighted by atomic mass is 35.5. The summed E-state index contributed by atoms with van der Waals surface area (Å²) in [6.45, 7) is 5.13. The van der Waals surface area contributed by atoms with Crippen LogP contribution in [0.1, 0.15) is 50.7 Å². The first-order chi connectivity index (χ1) is 10.1. The molecule has 1 aliphatic carbocycles. The van der Waals surface area contributed by atoms with Gasteiger partial charge >= 0.3 is 0 Å². The van der Waals surface area contributed by atoms with Gasteiger partial charge in [-0.1, -0.05) is 25.8 Å². The van der Waals surface area contributed by atoms with Crippen molar-refractivity contribution in [1.82, 2.24) is 9.55 Å². The van der Waals surface area contributed by atoms with Crippen molar-refractivity contribution in [2.45, 2.75) is 51.5 Å². The standard InChI is InChI=1S/C17H22ClFN2/c1-11-5-3-6-13(9-11)10-21-15-8-4-7-14(19)16(15)20-17(21)12(2)18/h4,7-8,11-13H,3,5-6,9-10H2,1-2H3.